The molecule has 108 valence electrons. The minimum Gasteiger partial charge on any atom is -0.364 e. The van der Waals surface area contributed by atoms with Crippen molar-refractivity contribution in [2.24, 2.45) is 0 Å². The lowest BCUT2D eigenvalue weighted by Crippen LogP contribution is -2.25. The van der Waals surface area contributed by atoms with Gasteiger partial charge in [-0.2, -0.15) is 0 Å². The molecule has 1 N–H and O–H groups in total. The summed E-state index contributed by atoms with van der Waals surface area (Å²) in [7, 11) is -3.66. The van der Waals surface area contributed by atoms with Gasteiger partial charge >= 0.3 is 0 Å². The van der Waals surface area contributed by atoms with Gasteiger partial charge in [0, 0.05) is 17.1 Å². The van der Waals surface area contributed by atoms with Crippen LogP contribution >= 0.6 is 23.2 Å². The van der Waals surface area contributed by atoms with Gasteiger partial charge in [-0.05, 0) is 31.0 Å². The van der Waals surface area contributed by atoms with Crippen LogP contribution in [-0.2, 0) is 16.4 Å². The largest absolute Gasteiger partial charge is 0.364 e. The van der Waals surface area contributed by atoms with Crippen molar-refractivity contribution in [2.45, 2.75) is 17.7 Å². The molecule has 1 aromatic carbocycles. The molecule has 5 nitrogen and oxygen atoms in total. The molecule has 8 heteroatoms. The highest BCUT2D eigenvalue weighted by Gasteiger charge is 2.17. The van der Waals surface area contributed by atoms with Crippen LogP contribution < -0.4 is 4.72 Å². The summed E-state index contributed by atoms with van der Waals surface area (Å²) in [6.45, 7) is 0.288. The number of halogens is 2. The van der Waals surface area contributed by atoms with Crippen molar-refractivity contribution < 1.29 is 12.9 Å². The van der Waals surface area contributed by atoms with Crippen LogP contribution in [0.1, 0.15) is 12.0 Å². The number of sulfonamides is 1. The number of hydrogen-bond acceptors (Lipinski definition) is 4. The lowest BCUT2D eigenvalue weighted by molar-refractivity contribution is 0.418. The predicted molar refractivity (Wildman–Crippen MR) is 76.5 cm³/mol. The van der Waals surface area contributed by atoms with Gasteiger partial charge in [0.2, 0.25) is 10.0 Å². The third-order valence-electron chi connectivity index (χ3n) is 2.60. The van der Waals surface area contributed by atoms with E-state index in [-0.39, 0.29) is 16.5 Å². The molecule has 0 spiro atoms. The summed E-state index contributed by atoms with van der Waals surface area (Å²) in [5.74, 6) is 0. The summed E-state index contributed by atoms with van der Waals surface area (Å²) in [6, 6.07) is 4.32. The lowest BCUT2D eigenvalue weighted by atomic mass is 10.2. The number of hydrogen-bond donors (Lipinski definition) is 1. The Morgan fingerprint density at radius 1 is 1.30 bits per heavy atom. The van der Waals surface area contributed by atoms with Crippen molar-refractivity contribution in [2.75, 3.05) is 6.54 Å². The number of nitrogens with one attached hydrogen (secondary N) is 1. The van der Waals surface area contributed by atoms with Crippen molar-refractivity contribution in [1.82, 2.24) is 9.88 Å². The second-order valence-corrected chi connectivity index (χ2v) is 6.69. The smallest absolute Gasteiger partial charge is 0.242 e. The molecule has 2 rings (SSSR count). The predicted octanol–water partition coefficient (Wildman–Crippen LogP) is 2.89. The minimum absolute atomic E-state index is 0.0170. The summed E-state index contributed by atoms with van der Waals surface area (Å²) in [5.41, 5.74) is 0.921. The molecule has 0 saturated carbocycles. The van der Waals surface area contributed by atoms with E-state index in [0.29, 0.717) is 17.9 Å². The second-order valence-electron chi connectivity index (χ2n) is 4.11. The molecule has 0 radical (unpaired) electrons. The highest BCUT2D eigenvalue weighted by atomic mass is 35.5. The number of benzene rings is 1. The van der Waals surface area contributed by atoms with E-state index in [9.17, 15) is 8.42 Å². The SMILES string of the molecule is O=S(=O)(NCCCc1cnoc1)c1cc(Cl)ccc1Cl. The first-order chi connectivity index (χ1) is 9.49. The van der Waals surface area contributed by atoms with Gasteiger partial charge in [0.15, 0.2) is 0 Å². The first kappa shape index (κ1) is 15.3. The van der Waals surface area contributed by atoms with Crippen molar-refractivity contribution in [3.63, 3.8) is 0 Å². The van der Waals surface area contributed by atoms with Crippen LogP contribution in [-0.4, -0.2) is 20.1 Å². The topological polar surface area (TPSA) is 72.2 Å². The Morgan fingerprint density at radius 2 is 2.10 bits per heavy atom. The van der Waals surface area contributed by atoms with Gasteiger partial charge in [0.05, 0.1) is 11.2 Å². The van der Waals surface area contributed by atoms with Crippen LogP contribution in [0.25, 0.3) is 0 Å². The molecule has 0 aliphatic rings. The summed E-state index contributed by atoms with van der Waals surface area (Å²) in [5, 5.41) is 4.03. The van der Waals surface area contributed by atoms with E-state index in [1.165, 1.54) is 24.5 Å². The van der Waals surface area contributed by atoms with Gasteiger partial charge in [0.1, 0.15) is 11.2 Å². The second kappa shape index (κ2) is 6.58. The van der Waals surface area contributed by atoms with Crippen molar-refractivity contribution in [3.8, 4) is 0 Å². The quantitative estimate of drug-likeness (QED) is 0.824. The van der Waals surface area contributed by atoms with Crippen LogP contribution in [0.5, 0.6) is 0 Å². The summed E-state index contributed by atoms with van der Waals surface area (Å²) in [4.78, 5) is -0.0170. The van der Waals surface area contributed by atoms with Crippen molar-refractivity contribution in [3.05, 3.63) is 46.3 Å². The molecule has 0 atom stereocenters. The van der Waals surface area contributed by atoms with E-state index in [2.05, 4.69) is 14.4 Å². The van der Waals surface area contributed by atoms with Gasteiger partial charge < -0.3 is 4.52 Å². The fourth-order valence-corrected chi connectivity index (χ4v) is 3.44. The highest BCUT2D eigenvalue weighted by Crippen LogP contribution is 2.24. The maximum Gasteiger partial charge on any atom is 0.242 e. The Hall–Kier alpha value is -1.08. The molecule has 0 unspecified atom stereocenters. The molecule has 0 bridgehead atoms. The summed E-state index contributed by atoms with van der Waals surface area (Å²) >= 11 is 11.7. The Bertz CT molecular complexity index is 672. The fraction of sp³-hybridized carbons (Fsp3) is 0.250. The lowest BCUT2D eigenvalue weighted by Gasteiger charge is -2.08. The summed E-state index contributed by atoms with van der Waals surface area (Å²) in [6.07, 6.45) is 4.43. The van der Waals surface area contributed by atoms with Crippen LogP contribution in [0.3, 0.4) is 0 Å². The molecule has 1 heterocycles. The Labute approximate surface area is 126 Å². The van der Waals surface area contributed by atoms with Gasteiger partial charge in [-0.15, -0.1) is 0 Å². The zero-order valence-corrected chi connectivity index (χ0v) is 12.7. The monoisotopic (exact) mass is 334 g/mol. The third kappa shape index (κ3) is 3.96. The number of aromatic nitrogens is 1. The molecule has 0 aliphatic heterocycles. The van der Waals surface area contributed by atoms with Crippen LogP contribution in [0.15, 0.2) is 40.1 Å². The highest BCUT2D eigenvalue weighted by molar-refractivity contribution is 7.89. The molecular formula is C12H12Cl2N2O3S. The summed E-state index contributed by atoms with van der Waals surface area (Å²) < 4.78 is 31.3. The van der Waals surface area contributed by atoms with E-state index in [1.807, 2.05) is 0 Å². The molecular weight excluding hydrogens is 323 g/mol. The molecule has 0 amide bonds. The van der Waals surface area contributed by atoms with Crippen molar-refractivity contribution >= 4 is 33.2 Å². The maximum absolute atomic E-state index is 12.1. The maximum atomic E-state index is 12.1. The average Bonchev–Trinajstić information content (AvgIpc) is 2.90. The normalized spacial score (nSPS) is 11.7. The van der Waals surface area contributed by atoms with E-state index in [0.717, 1.165) is 5.56 Å². The average molecular weight is 335 g/mol. The Kier molecular flexibility index (Phi) is 5.04. The van der Waals surface area contributed by atoms with E-state index < -0.39 is 10.0 Å². The van der Waals surface area contributed by atoms with E-state index >= 15 is 0 Å². The van der Waals surface area contributed by atoms with Gasteiger partial charge in [-0.3, -0.25) is 0 Å². The fourth-order valence-electron chi connectivity index (χ4n) is 1.61. The Morgan fingerprint density at radius 3 is 2.80 bits per heavy atom. The van der Waals surface area contributed by atoms with Crippen molar-refractivity contribution in [1.29, 1.82) is 0 Å². The van der Waals surface area contributed by atoms with Gasteiger partial charge in [-0.25, -0.2) is 13.1 Å². The van der Waals surface area contributed by atoms with Gasteiger partial charge in [-0.1, -0.05) is 28.4 Å². The molecule has 1 aromatic heterocycles. The first-order valence-corrected chi connectivity index (χ1v) is 8.06. The van der Waals surface area contributed by atoms with Crippen LogP contribution in [0.4, 0.5) is 0 Å². The third-order valence-corrected chi connectivity index (χ3v) is 4.78. The van der Waals surface area contributed by atoms with Crippen LogP contribution in [0, 0.1) is 0 Å². The zero-order chi connectivity index (χ0) is 14.6. The number of rotatable bonds is 6. The number of nitrogens with zero attached hydrogens (tertiary/aromatic N) is 1. The zero-order valence-electron chi connectivity index (χ0n) is 10.3. The standard InChI is InChI=1S/C12H12Cl2N2O3S/c13-10-3-4-11(14)12(6-10)20(17,18)16-5-1-2-9-7-15-19-8-9/h3-4,6-8,16H,1-2,5H2. The molecule has 0 aliphatic carbocycles. The molecule has 0 fully saturated rings. The van der Waals surface area contributed by atoms with E-state index in [4.69, 9.17) is 23.2 Å². The first-order valence-electron chi connectivity index (χ1n) is 5.82. The van der Waals surface area contributed by atoms with E-state index in [1.54, 1.807) is 6.20 Å². The molecule has 2 aromatic rings. The Balaban J connectivity index is 1.95. The van der Waals surface area contributed by atoms with Crippen LogP contribution in [0.2, 0.25) is 10.0 Å². The molecule has 0 saturated heterocycles. The minimum atomic E-state index is -3.66. The molecule has 20 heavy (non-hydrogen) atoms. The van der Waals surface area contributed by atoms with Gasteiger partial charge in [0.25, 0.3) is 0 Å². The number of aryl methyl sites for hydroxylation is 1.